The standard InChI is InChI=1S/C23H37N3O/c1-19-7-3-4-8-21(19)13-16-25-14-11-20(12-15-25)18-26(23(27)17-24-2)22-9-5-6-10-22/h3-4,7-8,20,22,24H,5-6,9-18H2,1-2H3. The molecule has 3 rings (SSSR count). The molecule has 1 saturated heterocycles. The van der Waals surface area contributed by atoms with Gasteiger partial charge in [-0.2, -0.15) is 0 Å². The van der Waals surface area contributed by atoms with Crippen molar-refractivity contribution in [2.24, 2.45) is 5.92 Å². The van der Waals surface area contributed by atoms with Gasteiger partial charge in [0.05, 0.1) is 6.54 Å². The molecule has 0 unspecified atom stereocenters. The van der Waals surface area contributed by atoms with Crippen molar-refractivity contribution in [3.8, 4) is 0 Å². The Kier molecular flexibility index (Phi) is 7.71. The van der Waals surface area contributed by atoms with Crippen molar-refractivity contribution in [2.75, 3.05) is 39.8 Å². The number of piperidine rings is 1. The van der Waals surface area contributed by atoms with Crippen molar-refractivity contribution in [3.05, 3.63) is 35.4 Å². The summed E-state index contributed by atoms with van der Waals surface area (Å²) >= 11 is 0. The van der Waals surface area contributed by atoms with Crippen LogP contribution in [0, 0.1) is 12.8 Å². The van der Waals surface area contributed by atoms with Gasteiger partial charge < -0.3 is 15.1 Å². The molecule has 4 nitrogen and oxygen atoms in total. The molecule has 0 bridgehead atoms. The van der Waals surface area contributed by atoms with E-state index in [4.69, 9.17) is 0 Å². The van der Waals surface area contributed by atoms with E-state index < -0.39 is 0 Å². The molecule has 0 spiro atoms. The summed E-state index contributed by atoms with van der Waals surface area (Å²) in [5.74, 6) is 0.965. The minimum atomic E-state index is 0.298. The number of likely N-dealkylation sites (N-methyl/N-ethyl adjacent to an activating group) is 1. The molecule has 1 amide bonds. The predicted molar refractivity (Wildman–Crippen MR) is 112 cm³/mol. The average Bonchev–Trinajstić information content (AvgIpc) is 3.21. The Bertz CT molecular complexity index is 589. The smallest absolute Gasteiger partial charge is 0.236 e. The van der Waals surface area contributed by atoms with E-state index in [1.54, 1.807) is 0 Å². The number of carbonyl (C=O) groups excluding carboxylic acids is 1. The lowest BCUT2D eigenvalue weighted by Crippen LogP contribution is -2.47. The molecule has 1 aromatic carbocycles. The zero-order valence-electron chi connectivity index (χ0n) is 17.3. The maximum atomic E-state index is 12.6. The highest BCUT2D eigenvalue weighted by Gasteiger charge is 2.29. The molecule has 2 fully saturated rings. The van der Waals surface area contributed by atoms with Crippen molar-refractivity contribution in [2.45, 2.75) is 57.9 Å². The van der Waals surface area contributed by atoms with Crippen molar-refractivity contribution in [1.29, 1.82) is 0 Å². The number of amides is 1. The topological polar surface area (TPSA) is 35.6 Å². The number of likely N-dealkylation sites (tertiary alicyclic amines) is 1. The van der Waals surface area contributed by atoms with Gasteiger partial charge in [0, 0.05) is 19.1 Å². The van der Waals surface area contributed by atoms with Gasteiger partial charge >= 0.3 is 0 Å². The molecule has 1 aromatic rings. The summed E-state index contributed by atoms with van der Waals surface area (Å²) in [5.41, 5.74) is 2.88. The summed E-state index contributed by atoms with van der Waals surface area (Å²) in [6.45, 7) is 7.16. The summed E-state index contributed by atoms with van der Waals surface area (Å²) < 4.78 is 0. The first-order valence-corrected chi connectivity index (χ1v) is 10.9. The minimum Gasteiger partial charge on any atom is -0.338 e. The minimum absolute atomic E-state index is 0.298. The van der Waals surface area contributed by atoms with Crippen LogP contribution in [-0.4, -0.2) is 61.5 Å². The first-order valence-electron chi connectivity index (χ1n) is 10.9. The molecule has 2 aliphatic rings. The fraction of sp³-hybridized carbons (Fsp3) is 0.696. The molecular weight excluding hydrogens is 334 g/mol. The van der Waals surface area contributed by atoms with Gasteiger partial charge in [0.2, 0.25) is 5.91 Å². The van der Waals surface area contributed by atoms with E-state index >= 15 is 0 Å². The van der Waals surface area contributed by atoms with Crippen LogP contribution in [0.2, 0.25) is 0 Å². The zero-order chi connectivity index (χ0) is 19.1. The normalized spacial score (nSPS) is 19.5. The van der Waals surface area contributed by atoms with Crippen molar-refractivity contribution >= 4 is 5.91 Å². The summed E-state index contributed by atoms with van der Waals surface area (Å²) in [6, 6.07) is 9.23. The maximum Gasteiger partial charge on any atom is 0.236 e. The Labute approximate surface area is 165 Å². The van der Waals surface area contributed by atoms with Crippen LogP contribution in [-0.2, 0) is 11.2 Å². The number of carbonyl (C=O) groups is 1. The van der Waals surface area contributed by atoms with Gasteiger partial charge in [0.15, 0.2) is 0 Å². The van der Waals surface area contributed by atoms with E-state index in [9.17, 15) is 4.79 Å². The van der Waals surface area contributed by atoms with Crippen LogP contribution >= 0.6 is 0 Å². The maximum absolute atomic E-state index is 12.6. The largest absolute Gasteiger partial charge is 0.338 e. The van der Waals surface area contributed by atoms with E-state index in [0.29, 0.717) is 24.4 Å². The molecular formula is C23H37N3O. The van der Waals surface area contributed by atoms with Gasteiger partial charge in [-0.05, 0) is 76.2 Å². The third kappa shape index (κ3) is 5.79. The lowest BCUT2D eigenvalue weighted by molar-refractivity contribution is -0.133. The van der Waals surface area contributed by atoms with Crippen LogP contribution in [0.3, 0.4) is 0 Å². The summed E-state index contributed by atoms with van der Waals surface area (Å²) in [4.78, 5) is 17.4. The van der Waals surface area contributed by atoms with Crippen molar-refractivity contribution in [1.82, 2.24) is 15.1 Å². The van der Waals surface area contributed by atoms with Crippen LogP contribution in [0.25, 0.3) is 0 Å². The number of rotatable bonds is 8. The summed E-state index contributed by atoms with van der Waals surface area (Å²) in [5, 5.41) is 3.05. The van der Waals surface area contributed by atoms with Crippen molar-refractivity contribution < 1.29 is 4.79 Å². The predicted octanol–water partition coefficient (Wildman–Crippen LogP) is 3.24. The van der Waals surface area contributed by atoms with Gasteiger partial charge in [-0.25, -0.2) is 0 Å². The molecule has 0 radical (unpaired) electrons. The molecule has 27 heavy (non-hydrogen) atoms. The Balaban J connectivity index is 1.46. The summed E-state index contributed by atoms with van der Waals surface area (Å²) in [7, 11) is 1.87. The molecule has 0 atom stereocenters. The number of benzene rings is 1. The second-order valence-electron chi connectivity index (χ2n) is 8.48. The number of hydrogen-bond donors (Lipinski definition) is 1. The zero-order valence-corrected chi connectivity index (χ0v) is 17.3. The third-order valence-electron chi connectivity index (χ3n) is 6.53. The Hall–Kier alpha value is -1.39. The fourth-order valence-electron chi connectivity index (χ4n) is 4.76. The molecule has 150 valence electrons. The van der Waals surface area contributed by atoms with Crippen LogP contribution in [0.4, 0.5) is 0 Å². The van der Waals surface area contributed by atoms with Crippen LogP contribution < -0.4 is 5.32 Å². The van der Waals surface area contributed by atoms with Gasteiger partial charge in [-0.3, -0.25) is 4.79 Å². The molecule has 0 aromatic heterocycles. The first kappa shape index (κ1) is 20.3. The second kappa shape index (κ2) is 10.2. The van der Waals surface area contributed by atoms with E-state index in [1.807, 2.05) is 7.05 Å². The number of nitrogens with one attached hydrogen (secondary N) is 1. The second-order valence-corrected chi connectivity index (χ2v) is 8.48. The van der Waals surface area contributed by atoms with Crippen molar-refractivity contribution in [3.63, 3.8) is 0 Å². The number of hydrogen-bond acceptors (Lipinski definition) is 3. The molecule has 1 aliphatic heterocycles. The first-order chi connectivity index (χ1) is 13.2. The van der Waals surface area contributed by atoms with E-state index in [0.717, 1.165) is 19.5 Å². The summed E-state index contributed by atoms with van der Waals surface area (Å²) in [6.07, 6.45) is 8.56. The van der Waals surface area contributed by atoms with E-state index in [2.05, 4.69) is 46.3 Å². The third-order valence-corrected chi connectivity index (χ3v) is 6.53. The highest BCUT2D eigenvalue weighted by atomic mass is 16.2. The van der Waals surface area contributed by atoms with Gasteiger partial charge in [-0.1, -0.05) is 37.1 Å². The molecule has 4 heteroatoms. The fourth-order valence-corrected chi connectivity index (χ4v) is 4.76. The number of nitrogens with zero attached hydrogens (tertiary/aromatic N) is 2. The SMILES string of the molecule is CNCC(=O)N(CC1CCN(CCc2ccccc2C)CC1)C1CCCC1. The quantitative estimate of drug-likeness (QED) is 0.762. The Morgan fingerprint density at radius 2 is 1.85 bits per heavy atom. The highest BCUT2D eigenvalue weighted by molar-refractivity contribution is 5.78. The molecule has 1 heterocycles. The van der Waals surface area contributed by atoms with Crippen LogP contribution in [0.15, 0.2) is 24.3 Å². The molecule has 1 aliphatic carbocycles. The lowest BCUT2D eigenvalue weighted by atomic mass is 9.94. The Morgan fingerprint density at radius 1 is 1.15 bits per heavy atom. The van der Waals surface area contributed by atoms with Gasteiger partial charge in [0.1, 0.15) is 0 Å². The van der Waals surface area contributed by atoms with Gasteiger partial charge in [-0.15, -0.1) is 0 Å². The molecule has 1 N–H and O–H groups in total. The van der Waals surface area contributed by atoms with Crippen LogP contribution in [0.5, 0.6) is 0 Å². The highest BCUT2D eigenvalue weighted by Crippen LogP contribution is 2.27. The van der Waals surface area contributed by atoms with E-state index in [-0.39, 0.29) is 0 Å². The Morgan fingerprint density at radius 3 is 2.52 bits per heavy atom. The molecule has 1 saturated carbocycles. The monoisotopic (exact) mass is 371 g/mol. The van der Waals surface area contributed by atoms with E-state index in [1.165, 1.54) is 62.7 Å². The van der Waals surface area contributed by atoms with Gasteiger partial charge in [0.25, 0.3) is 0 Å². The number of aryl methyl sites for hydroxylation is 1. The average molecular weight is 372 g/mol. The van der Waals surface area contributed by atoms with Crippen LogP contribution in [0.1, 0.15) is 49.7 Å². The lowest BCUT2D eigenvalue weighted by Gasteiger charge is -2.37.